The minimum Gasteiger partial charge on any atom is -0.299 e. The van der Waals surface area contributed by atoms with Crippen LogP contribution in [0.15, 0.2) is 0 Å². The predicted octanol–water partition coefficient (Wildman–Crippen LogP) is 4.08. The molecule has 1 fully saturated rings. The molecule has 0 saturated heterocycles. The van der Waals surface area contributed by atoms with Crippen LogP contribution in [-0.2, 0) is 0 Å². The highest BCUT2D eigenvalue weighted by Gasteiger charge is 2.17. The first-order valence-corrected chi connectivity index (χ1v) is 6.87. The van der Waals surface area contributed by atoms with Gasteiger partial charge >= 0.3 is 0 Å². The number of nitrogens with zero attached hydrogens (tertiary/aromatic N) is 1. The topological polar surface area (TPSA) is 3.24 Å². The first-order valence-electron chi connectivity index (χ1n) is 6.87. The number of hydrogen-bond acceptors (Lipinski definition) is 1. The summed E-state index contributed by atoms with van der Waals surface area (Å²) in [6.45, 7) is 10.6. The zero-order chi connectivity index (χ0) is 11.3. The maximum atomic E-state index is 2.63. The monoisotopic (exact) mass is 211 g/mol. The summed E-state index contributed by atoms with van der Waals surface area (Å²) < 4.78 is 0. The van der Waals surface area contributed by atoms with Crippen LogP contribution in [0.4, 0.5) is 0 Å². The first-order chi connectivity index (χ1) is 7.11. The summed E-state index contributed by atoms with van der Waals surface area (Å²) in [5.74, 6) is 1.03. The van der Waals surface area contributed by atoms with Crippen LogP contribution in [0, 0.1) is 5.92 Å². The number of hydrogen-bond donors (Lipinski definition) is 0. The molecular formula is C14H29N. The second-order valence-corrected chi connectivity index (χ2v) is 5.72. The third kappa shape index (κ3) is 4.55. The normalized spacial score (nSPS) is 19.4. The van der Waals surface area contributed by atoms with Crippen LogP contribution in [0.2, 0.25) is 0 Å². The van der Waals surface area contributed by atoms with Gasteiger partial charge in [-0.2, -0.15) is 0 Å². The van der Waals surface area contributed by atoms with Crippen LogP contribution in [0.3, 0.4) is 0 Å². The van der Waals surface area contributed by atoms with Crippen molar-refractivity contribution in [2.75, 3.05) is 6.54 Å². The zero-order valence-electron chi connectivity index (χ0n) is 11.1. The highest BCUT2D eigenvalue weighted by Crippen LogP contribution is 2.26. The van der Waals surface area contributed by atoms with Crippen molar-refractivity contribution in [2.45, 2.75) is 78.3 Å². The predicted molar refractivity (Wildman–Crippen MR) is 68.2 cm³/mol. The Balaban J connectivity index is 2.26. The molecule has 0 heterocycles. The molecule has 0 amide bonds. The molecule has 1 aliphatic carbocycles. The standard InChI is InChI=1S/C14H29N/c1-12(2)15(13(3)4)11-10-14-8-6-5-7-9-14/h12-14H,5-11H2,1-4H3. The van der Waals surface area contributed by atoms with Crippen LogP contribution in [-0.4, -0.2) is 23.5 Å². The Kier molecular flexibility index (Phi) is 5.66. The molecule has 0 aromatic carbocycles. The summed E-state index contributed by atoms with van der Waals surface area (Å²) in [6, 6.07) is 1.40. The van der Waals surface area contributed by atoms with Crippen LogP contribution in [0.25, 0.3) is 0 Å². The van der Waals surface area contributed by atoms with Crippen molar-refractivity contribution in [1.82, 2.24) is 4.90 Å². The lowest BCUT2D eigenvalue weighted by atomic mass is 9.87. The molecule has 0 N–H and O–H groups in total. The summed E-state index contributed by atoms with van der Waals surface area (Å²) in [6.07, 6.45) is 8.85. The molecule has 1 nitrogen and oxygen atoms in total. The quantitative estimate of drug-likeness (QED) is 0.662. The van der Waals surface area contributed by atoms with Gasteiger partial charge in [0.25, 0.3) is 0 Å². The summed E-state index contributed by atoms with van der Waals surface area (Å²) in [4.78, 5) is 2.63. The zero-order valence-corrected chi connectivity index (χ0v) is 11.1. The number of rotatable bonds is 5. The van der Waals surface area contributed by atoms with Gasteiger partial charge in [0.2, 0.25) is 0 Å². The highest BCUT2D eigenvalue weighted by atomic mass is 15.2. The van der Waals surface area contributed by atoms with Gasteiger partial charge in [0.15, 0.2) is 0 Å². The lowest BCUT2D eigenvalue weighted by Gasteiger charge is -2.32. The Morgan fingerprint density at radius 2 is 1.47 bits per heavy atom. The molecule has 0 spiro atoms. The van der Waals surface area contributed by atoms with E-state index in [0.717, 1.165) is 5.92 Å². The fourth-order valence-corrected chi connectivity index (χ4v) is 2.92. The van der Waals surface area contributed by atoms with E-state index in [4.69, 9.17) is 0 Å². The Morgan fingerprint density at radius 1 is 0.933 bits per heavy atom. The maximum Gasteiger partial charge on any atom is 0.00412 e. The maximum absolute atomic E-state index is 2.63. The van der Waals surface area contributed by atoms with Gasteiger partial charge in [-0.3, -0.25) is 4.90 Å². The van der Waals surface area contributed by atoms with E-state index in [9.17, 15) is 0 Å². The van der Waals surface area contributed by atoms with Gasteiger partial charge in [-0.25, -0.2) is 0 Å². The minimum atomic E-state index is 0.702. The van der Waals surface area contributed by atoms with Gasteiger partial charge in [0, 0.05) is 12.1 Å². The van der Waals surface area contributed by atoms with Crippen LogP contribution in [0.1, 0.15) is 66.2 Å². The smallest absolute Gasteiger partial charge is 0.00412 e. The van der Waals surface area contributed by atoms with Gasteiger partial charge in [0.1, 0.15) is 0 Å². The molecule has 0 bridgehead atoms. The molecule has 0 aliphatic heterocycles. The van der Waals surface area contributed by atoms with Crippen LogP contribution >= 0.6 is 0 Å². The Morgan fingerprint density at radius 3 is 1.93 bits per heavy atom. The molecule has 1 heteroatoms. The molecule has 90 valence electrons. The molecule has 1 saturated carbocycles. The van der Waals surface area contributed by atoms with Crippen molar-refractivity contribution in [3.63, 3.8) is 0 Å². The van der Waals surface area contributed by atoms with E-state index >= 15 is 0 Å². The fraction of sp³-hybridized carbons (Fsp3) is 1.00. The summed E-state index contributed by atoms with van der Waals surface area (Å²) in [7, 11) is 0. The summed E-state index contributed by atoms with van der Waals surface area (Å²) >= 11 is 0. The van der Waals surface area contributed by atoms with Gasteiger partial charge in [-0.15, -0.1) is 0 Å². The first kappa shape index (κ1) is 13.0. The van der Waals surface area contributed by atoms with E-state index in [0.29, 0.717) is 12.1 Å². The summed E-state index contributed by atoms with van der Waals surface area (Å²) in [5.41, 5.74) is 0. The average Bonchev–Trinajstić information content (AvgIpc) is 2.18. The second kappa shape index (κ2) is 6.52. The molecule has 0 aromatic rings. The second-order valence-electron chi connectivity index (χ2n) is 5.72. The third-order valence-corrected chi connectivity index (χ3v) is 3.85. The Hall–Kier alpha value is -0.0400. The van der Waals surface area contributed by atoms with Crippen molar-refractivity contribution in [2.24, 2.45) is 5.92 Å². The Labute approximate surface area is 96.2 Å². The molecule has 0 aromatic heterocycles. The van der Waals surface area contributed by atoms with E-state index < -0.39 is 0 Å². The Bertz CT molecular complexity index is 149. The molecule has 0 unspecified atom stereocenters. The van der Waals surface area contributed by atoms with E-state index in [2.05, 4.69) is 32.6 Å². The van der Waals surface area contributed by atoms with Crippen molar-refractivity contribution >= 4 is 0 Å². The fourth-order valence-electron chi connectivity index (χ4n) is 2.92. The van der Waals surface area contributed by atoms with Gasteiger partial charge in [0.05, 0.1) is 0 Å². The highest BCUT2D eigenvalue weighted by molar-refractivity contribution is 4.72. The van der Waals surface area contributed by atoms with Crippen molar-refractivity contribution in [3.8, 4) is 0 Å². The van der Waals surface area contributed by atoms with Crippen LogP contribution in [0.5, 0.6) is 0 Å². The molecule has 0 atom stereocenters. The van der Waals surface area contributed by atoms with E-state index in [1.165, 1.54) is 45.1 Å². The lowest BCUT2D eigenvalue weighted by molar-refractivity contribution is 0.155. The lowest BCUT2D eigenvalue weighted by Crippen LogP contribution is -2.38. The third-order valence-electron chi connectivity index (χ3n) is 3.85. The SMILES string of the molecule is CC(C)N(CCC1CCCCC1)C(C)C. The molecule has 1 rings (SSSR count). The van der Waals surface area contributed by atoms with Crippen molar-refractivity contribution in [3.05, 3.63) is 0 Å². The van der Waals surface area contributed by atoms with Gasteiger partial charge in [-0.05, 0) is 46.6 Å². The molecule has 0 radical (unpaired) electrons. The molecular weight excluding hydrogens is 182 g/mol. The van der Waals surface area contributed by atoms with Crippen molar-refractivity contribution < 1.29 is 0 Å². The van der Waals surface area contributed by atoms with E-state index in [1.54, 1.807) is 0 Å². The minimum absolute atomic E-state index is 0.702. The largest absolute Gasteiger partial charge is 0.299 e. The van der Waals surface area contributed by atoms with E-state index in [-0.39, 0.29) is 0 Å². The average molecular weight is 211 g/mol. The molecule has 15 heavy (non-hydrogen) atoms. The molecule has 1 aliphatic rings. The van der Waals surface area contributed by atoms with Gasteiger partial charge < -0.3 is 0 Å². The van der Waals surface area contributed by atoms with Crippen molar-refractivity contribution in [1.29, 1.82) is 0 Å². The summed E-state index contributed by atoms with van der Waals surface area (Å²) in [5, 5.41) is 0. The van der Waals surface area contributed by atoms with E-state index in [1.807, 2.05) is 0 Å². The van der Waals surface area contributed by atoms with Gasteiger partial charge in [-0.1, -0.05) is 32.1 Å². The van der Waals surface area contributed by atoms with Crippen LogP contribution < -0.4 is 0 Å².